The van der Waals surface area contributed by atoms with Gasteiger partial charge < -0.3 is 9.68 Å². The van der Waals surface area contributed by atoms with Crippen LogP contribution < -0.4 is 0 Å². The minimum Gasteiger partial charge on any atom is -0.396 e. The first-order valence-electron chi connectivity index (χ1n) is 4.33. The molecule has 1 saturated heterocycles. The summed E-state index contributed by atoms with van der Waals surface area (Å²) in [6, 6.07) is 0. The summed E-state index contributed by atoms with van der Waals surface area (Å²) in [4.78, 5) is 10.1. The Morgan fingerprint density at radius 1 is 1.42 bits per heavy atom. The number of hydroxylamine groups is 2. The summed E-state index contributed by atoms with van der Waals surface area (Å²) in [6.45, 7) is 4.43. The highest BCUT2D eigenvalue weighted by Crippen LogP contribution is 2.06. The van der Waals surface area contributed by atoms with Gasteiger partial charge in [-0.25, -0.2) is 0 Å². The number of rotatable bonds is 3. The summed E-state index contributed by atoms with van der Waals surface area (Å²) < 4.78 is 0. The predicted molar refractivity (Wildman–Crippen MR) is 46.9 cm³/mol. The van der Waals surface area contributed by atoms with Crippen molar-refractivity contribution in [1.82, 2.24) is 5.06 Å². The highest BCUT2D eigenvalue weighted by molar-refractivity contribution is 5.84. The topological polar surface area (TPSA) is 34.1 Å². The van der Waals surface area contributed by atoms with Gasteiger partial charge in [-0.15, -0.1) is 0 Å². The number of hydrogen-bond acceptors (Lipinski definition) is 4. The molecule has 1 rings (SSSR count). The van der Waals surface area contributed by atoms with Crippen molar-refractivity contribution in [3.05, 3.63) is 0 Å². The fraction of sp³-hybridized carbons (Fsp3) is 0.875. The lowest BCUT2D eigenvalue weighted by Gasteiger charge is -2.24. The molecule has 0 aromatic rings. The fourth-order valence-corrected chi connectivity index (χ4v) is 1.17. The molecule has 4 nitrogen and oxygen atoms in total. The first-order chi connectivity index (χ1) is 5.86. The second-order valence-corrected chi connectivity index (χ2v) is 2.69. The molecule has 1 heterocycles. The smallest absolute Gasteiger partial charge is 0.114 e. The molecule has 12 heavy (non-hydrogen) atoms. The highest BCUT2D eigenvalue weighted by Gasteiger charge is 2.14. The Kier molecular flexibility index (Phi) is 4.04. The molecule has 0 spiro atoms. The zero-order chi connectivity index (χ0) is 8.81. The van der Waals surface area contributed by atoms with Crippen molar-refractivity contribution in [2.24, 2.45) is 5.16 Å². The molecule has 0 bridgehead atoms. The molecule has 0 aliphatic carbocycles. The number of piperidine rings is 1. The van der Waals surface area contributed by atoms with E-state index in [4.69, 9.17) is 9.68 Å². The SMILES string of the molecule is CCON=C1CCN(OC)CC1. The molecule has 0 atom stereocenters. The van der Waals surface area contributed by atoms with Crippen LogP contribution in [-0.2, 0) is 9.68 Å². The maximum absolute atomic E-state index is 5.08. The van der Waals surface area contributed by atoms with Crippen LogP contribution in [0.4, 0.5) is 0 Å². The van der Waals surface area contributed by atoms with E-state index in [2.05, 4.69) is 5.16 Å². The molecular weight excluding hydrogens is 156 g/mol. The standard InChI is InChI=1S/C8H16N2O2/c1-3-12-9-8-4-6-10(11-2)7-5-8/h3-7H2,1-2H3. The van der Waals surface area contributed by atoms with Gasteiger partial charge in [-0.05, 0) is 6.92 Å². The Morgan fingerprint density at radius 2 is 2.08 bits per heavy atom. The summed E-state index contributed by atoms with van der Waals surface area (Å²) >= 11 is 0. The molecule has 1 aliphatic rings. The molecule has 0 radical (unpaired) electrons. The van der Waals surface area contributed by atoms with E-state index >= 15 is 0 Å². The van der Waals surface area contributed by atoms with E-state index in [0.717, 1.165) is 31.6 Å². The minimum absolute atomic E-state index is 0.650. The van der Waals surface area contributed by atoms with E-state index in [-0.39, 0.29) is 0 Å². The van der Waals surface area contributed by atoms with E-state index in [0.29, 0.717) is 6.61 Å². The van der Waals surface area contributed by atoms with Crippen LogP contribution in [0.1, 0.15) is 19.8 Å². The van der Waals surface area contributed by atoms with Gasteiger partial charge in [-0.1, -0.05) is 5.16 Å². The van der Waals surface area contributed by atoms with Crippen LogP contribution in [0, 0.1) is 0 Å². The molecule has 0 aromatic heterocycles. The van der Waals surface area contributed by atoms with Gasteiger partial charge in [0.05, 0.1) is 12.8 Å². The Balaban J connectivity index is 2.25. The van der Waals surface area contributed by atoms with Gasteiger partial charge in [-0.2, -0.15) is 5.06 Å². The van der Waals surface area contributed by atoms with E-state index in [1.807, 2.05) is 12.0 Å². The second kappa shape index (κ2) is 5.11. The molecule has 4 heteroatoms. The largest absolute Gasteiger partial charge is 0.396 e. The zero-order valence-corrected chi connectivity index (χ0v) is 7.75. The van der Waals surface area contributed by atoms with Gasteiger partial charge in [0.1, 0.15) is 6.61 Å². The monoisotopic (exact) mass is 172 g/mol. The van der Waals surface area contributed by atoms with Crippen LogP contribution in [0.15, 0.2) is 5.16 Å². The van der Waals surface area contributed by atoms with Crippen LogP contribution in [0.3, 0.4) is 0 Å². The maximum atomic E-state index is 5.08. The predicted octanol–water partition coefficient (Wildman–Crippen LogP) is 1.04. The van der Waals surface area contributed by atoms with Gasteiger partial charge in [0.25, 0.3) is 0 Å². The van der Waals surface area contributed by atoms with Gasteiger partial charge in [0, 0.05) is 25.9 Å². The molecule has 0 N–H and O–H groups in total. The van der Waals surface area contributed by atoms with Crippen LogP contribution in [0.2, 0.25) is 0 Å². The van der Waals surface area contributed by atoms with E-state index < -0.39 is 0 Å². The molecule has 0 unspecified atom stereocenters. The third-order valence-electron chi connectivity index (χ3n) is 1.88. The van der Waals surface area contributed by atoms with Crippen LogP contribution in [0.25, 0.3) is 0 Å². The van der Waals surface area contributed by atoms with Crippen molar-refractivity contribution >= 4 is 5.71 Å². The number of hydrogen-bond donors (Lipinski definition) is 0. The van der Waals surface area contributed by atoms with Gasteiger partial charge >= 0.3 is 0 Å². The molecular formula is C8H16N2O2. The Bertz CT molecular complexity index is 149. The third-order valence-corrected chi connectivity index (χ3v) is 1.88. The summed E-state index contributed by atoms with van der Waals surface area (Å²) in [5.74, 6) is 0. The van der Waals surface area contributed by atoms with Crippen molar-refractivity contribution in [2.45, 2.75) is 19.8 Å². The molecule has 0 aromatic carbocycles. The third kappa shape index (κ3) is 2.79. The summed E-state index contributed by atoms with van der Waals surface area (Å²) in [5.41, 5.74) is 1.14. The molecule has 1 aliphatic heterocycles. The van der Waals surface area contributed by atoms with Crippen molar-refractivity contribution in [3.63, 3.8) is 0 Å². The van der Waals surface area contributed by atoms with Crippen LogP contribution >= 0.6 is 0 Å². The Hall–Kier alpha value is -0.610. The summed E-state index contributed by atoms with van der Waals surface area (Å²) in [6.07, 6.45) is 1.90. The van der Waals surface area contributed by atoms with Crippen LogP contribution in [-0.4, -0.2) is 37.6 Å². The maximum Gasteiger partial charge on any atom is 0.114 e. The second-order valence-electron chi connectivity index (χ2n) is 2.69. The average Bonchev–Trinajstić information content (AvgIpc) is 2.15. The van der Waals surface area contributed by atoms with Crippen molar-refractivity contribution in [2.75, 3.05) is 26.8 Å². The normalized spacial score (nSPS) is 19.3. The first-order valence-corrected chi connectivity index (χ1v) is 4.33. The van der Waals surface area contributed by atoms with Gasteiger partial charge in [-0.3, -0.25) is 0 Å². The summed E-state index contributed by atoms with van der Waals surface area (Å²) in [5, 5.41) is 5.94. The van der Waals surface area contributed by atoms with Gasteiger partial charge in [0.15, 0.2) is 0 Å². The molecule has 1 fully saturated rings. The van der Waals surface area contributed by atoms with Crippen molar-refractivity contribution < 1.29 is 9.68 Å². The van der Waals surface area contributed by atoms with Crippen molar-refractivity contribution in [1.29, 1.82) is 0 Å². The number of oxime groups is 1. The van der Waals surface area contributed by atoms with E-state index in [9.17, 15) is 0 Å². The lowest BCUT2D eigenvalue weighted by molar-refractivity contribution is -0.131. The first kappa shape index (κ1) is 9.48. The number of nitrogens with zero attached hydrogens (tertiary/aromatic N) is 2. The molecule has 70 valence electrons. The Labute approximate surface area is 73.1 Å². The molecule has 0 saturated carbocycles. The van der Waals surface area contributed by atoms with E-state index in [1.54, 1.807) is 7.11 Å². The van der Waals surface area contributed by atoms with Crippen LogP contribution in [0.5, 0.6) is 0 Å². The Morgan fingerprint density at radius 3 is 2.58 bits per heavy atom. The highest BCUT2D eigenvalue weighted by atomic mass is 16.7. The quantitative estimate of drug-likeness (QED) is 0.596. The lowest BCUT2D eigenvalue weighted by Crippen LogP contribution is -2.32. The lowest BCUT2D eigenvalue weighted by atomic mass is 10.1. The minimum atomic E-state index is 0.650. The fourth-order valence-electron chi connectivity index (χ4n) is 1.17. The van der Waals surface area contributed by atoms with E-state index in [1.165, 1.54) is 0 Å². The average molecular weight is 172 g/mol. The zero-order valence-electron chi connectivity index (χ0n) is 7.75. The van der Waals surface area contributed by atoms with Crippen molar-refractivity contribution in [3.8, 4) is 0 Å². The summed E-state index contributed by atoms with van der Waals surface area (Å²) in [7, 11) is 1.70. The molecule has 0 amide bonds. The van der Waals surface area contributed by atoms with Gasteiger partial charge in [0.2, 0.25) is 0 Å².